The fraction of sp³-hybridized carbons (Fsp3) is 0.480. The first-order valence-corrected chi connectivity index (χ1v) is 8.65. The highest BCUT2D eigenvalue weighted by Crippen LogP contribution is 2.19. The number of hydrogen-bond donors (Lipinski definition) is 1. The molecule has 2 aromatic rings. The third-order valence-electron chi connectivity index (χ3n) is 3.80. The molecule has 0 radical (unpaired) electrons. The topological polar surface area (TPSA) is 44.8 Å². The summed E-state index contributed by atoms with van der Waals surface area (Å²) in [6.07, 6.45) is -2.10. The molecule has 0 aromatic heterocycles. The van der Waals surface area contributed by atoms with Gasteiger partial charge in [-0.1, -0.05) is 37.9 Å². The van der Waals surface area contributed by atoms with Crippen LogP contribution >= 0.6 is 0 Å². The molecule has 3 rings (SSSR count). The molecule has 0 bridgehead atoms. The standard InChI is InChI=1S/C25H34FN3O2/c1-19(2)18-31-24-10-6-20(7-11-24)16-27-25(30)29(23-12-14-28(3)15-13-23)17-21-4-8-22(26)9-5-21/h4-11,19,23H,12-18H2,1-3H3,(H,27,30)/i1D3,2D3,3D3,4D,5D,6D,7D,8D,9D,10D,11D,14D2,15D2,16D2,18D2,19D. The van der Waals surface area contributed by atoms with Gasteiger partial charge in [0.1, 0.15) is 11.6 Å². The summed E-state index contributed by atoms with van der Waals surface area (Å²) < 4.78 is 228. The van der Waals surface area contributed by atoms with Crippen LogP contribution in [0.1, 0.15) is 73.3 Å². The van der Waals surface area contributed by atoms with Crippen molar-refractivity contribution in [2.75, 3.05) is 26.5 Å². The van der Waals surface area contributed by atoms with Crippen LogP contribution in [0.15, 0.2) is 48.3 Å². The number of nitrogens with zero attached hydrogens (tertiary/aromatic N) is 2. The van der Waals surface area contributed by atoms with Gasteiger partial charge in [0.15, 0.2) is 0 Å². The Morgan fingerprint density at radius 3 is 2.61 bits per heavy atom. The Balaban J connectivity index is 2.21. The number of carbonyl (C=O) groups is 1. The molecular formula is C25H34FN3O2. The quantitative estimate of drug-likeness (QED) is 0.632. The Hall–Kier alpha value is -2.60. The molecule has 6 heteroatoms. The van der Waals surface area contributed by atoms with Gasteiger partial charge in [-0.05, 0) is 74.0 Å². The Morgan fingerprint density at radius 2 is 1.97 bits per heavy atom. The predicted molar refractivity (Wildman–Crippen MR) is 121 cm³/mol. The molecule has 31 heavy (non-hydrogen) atoms. The number of urea groups is 1. The van der Waals surface area contributed by atoms with Gasteiger partial charge in [-0.3, -0.25) is 0 Å². The van der Waals surface area contributed by atoms with Crippen molar-refractivity contribution < 1.29 is 49.6 Å². The molecule has 0 atom stereocenters. The van der Waals surface area contributed by atoms with Crippen molar-refractivity contribution in [2.24, 2.45) is 5.89 Å². The Morgan fingerprint density at radius 1 is 1.29 bits per heavy atom. The lowest BCUT2D eigenvalue weighted by molar-refractivity contribution is 0.127. The first-order valence-electron chi connectivity index (χ1n) is 21.6. The summed E-state index contributed by atoms with van der Waals surface area (Å²) in [6, 6.07) is -13.9. The molecule has 5 nitrogen and oxygen atoms in total. The maximum atomic E-state index is 14.4. The van der Waals surface area contributed by atoms with Crippen LogP contribution in [0.2, 0.25) is 0 Å². The number of hydrogen-bond acceptors (Lipinski definition) is 3. The third-order valence-corrected chi connectivity index (χ3v) is 3.80. The zero-order valence-electron chi connectivity index (χ0n) is 41.8. The van der Waals surface area contributed by atoms with Crippen molar-refractivity contribution in [3.63, 3.8) is 0 Å². The van der Waals surface area contributed by atoms with Gasteiger partial charge < -0.3 is 19.9 Å². The molecule has 1 N–H and O–H groups in total. The minimum Gasteiger partial charge on any atom is -0.493 e. The molecule has 2 aromatic carbocycles. The summed E-state index contributed by atoms with van der Waals surface area (Å²) in [5.41, 5.74) is -2.09. The predicted octanol–water partition coefficient (Wildman–Crippen LogP) is 4.67. The molecule has 0 unspecified atom stereocenters. The van der Waals surface area contributed by atoms with Crippen molar-refractivity contribution in [3.05, 3.63) is 65.3 Å². The van der Waals surface area contributed by atoms with Crippen molar-refractivity contribution in [3.8, 4) is 5.75 Å². The maximum Gasteiger partial charge on any atom is 0.318 e. The highest BCUT2D eigenvalue weighted by atomic mass is 19.1. The number of piperidine rings is 1. The lowest BCUT2D eigenvalue weighted by Gasteiger charge is -2.37. The van der Waals surface area contributed by atoms with E-state index in [1.165, 1.54) is 0 Å². The number of carbonyl (C=O) groups excluding carboxylic acids is 1. The maximum absolute atomic E-state index is 14.4. The number of halogens is 1. The Bertz CT molecular complexity index is 1820. The van der Waals surface area contributed by atoms with E-state index in [9.17, 15) is 9.18 Å². The summed E-state index contributed by atoms with van der Waals surface area (Å²) in [6.45, 7) is -26.4. The number of rotatable bonds is 8. The molecular weight excluding hydrogens is 393 g/mol. The van der Waals surface area contributed by atoms with Gasteiger partial charge in [0, 0.05) is 38.3 Å². The molecule has 1 saturated heterocycles. The van der Waals surface area contributed by atoms with E-state index < -0.39 is 155 Å². The Kier molecular flexibility index (Phi) is 2.41. The monoisotopic (exact) mass is 453 g/mol. The Labute approximate surface area is 221 Å². The van der Waals surface area contributed by atoms with E-state index in [1.54, 1.807) is 5.32 Å². The highest BCUT2D eigenvalue weighted by molar-refractivity contribution is 5.74. The zero-order valence-corrected chi connectivity index (χ0v) is 15.8. The van der Waals surface area contributed by atoms with Gasteiger partial charge in [0.2, 0.25) is 0 Å². The van der Waals surface area contributed by atoms with E-state index >= 15 is 0 Å². The molecule has 0 aliphatic carbocycles. The second-order valence-electron chi connectivity index (χ2n) is 5.97. The fourth-order valence-electron chi connectivity index (χ4n) is 2.39. The molecule has 0 saturated carbocycles. The molecule has 0 spiro atoms. The number of amides is 2. The lowest BCUT2D eigenvalue weighted by atomic mass is 10.0. The minimum atomic E-state index is -4.11. The molecule has 1 heterocycles. The molecule has 1 fully saturated rings. The van der Waals surface area contributed by atoms with E-state index in [2.05, 4.69) is 0 Å². The smallest absolute Gasteiger partial charge is 0.318 e. The normalized spacial score (nSPS) is 33.1. The van der Waals surface area contributed by atoms with Gasteiger partial charge in [0.05, 0.1) is 23.0 Å². The van der Waals surface area contributed by atoms with Crippen molar-refractivity contribution in [1.82, 2.24) is 15.1 Å². The third kappa shape index (κ3) is 7.24. The van der Waals surface area contributed by atoms with E-state index in [0.717, 1.165) is 0 Å². The summed E-state index contributed by atoms with van der Waals surface area (Å²) >= 11 is 0. The van der Waals surface area contributed by atoms with Crippen LogP contribution in [0.25, 0.3) is 0 Å². The van der Waals surface area contributed by atoms with Gasteiger partial charge in [-0.15, -0.1) is 0 Å². The average Bonchev–Trinajstić information content (AvgIpc) is 3.00. The van der Waals surface area contributed by atoms with Gasteiger partial charge >= 0.3 is 6.03 Å². The first kappa shape index (κ1) is 6.70. The molecule has 1 aliphatic rings. The second-order valence-corrected chi connectivity index (χ2v) is 5.97. The SMILES string of the molecule is [2H]c1c([2H])c(CN(C(=O)NC([2H])([2H])c2c([2H])c([2H])c(OC([2H])([2H])C([2H])(C([2H])([2H])[2H])C([2H])([2H])[2H])c([2H])c2[2H])C2CC([2H])([2H])N(C([2H])([2H])[2H])C([2H])([2H])C2)c([2H])c([2H])c1F. The van der Waals surface area contributed by atoms with Gasteiger partial charge in [-0.2, -0.15) is 0 Å². The van der Waals surface area contributed by atoms with Crippen molar-refractivity contribution in [2.45, 2.75) is 45.6 Å². The van der Waals surface area contributed by atoms with Crippen LogP contribution in [-0.4, -0.2) is 48.4 Å². The van der Waals surface area contributed by atoms with Crippen LogP contribution < -0.4 is 10.1 Å². The lowest BCUT2D eigenvalue weighted by Crippen LogP contribution is -2.49. The van der Waals surface area contributed by atoms with Crippen molar-refractivity contribution >= 4 is 6.03 Å². The van der Waals surface area contributed by atoms with Crippen LogP contribution in [0.5, 0.6) is 5.75 Å². The van der Waals surface area contributed by atoms with Crippen LogP contribution in [0, 0.1) is 11.7 Å². The van der Waals surface area contributed by atoms with Crippen LogP contribution in [0.4, 0.5) is 9.18 Å². The average molecular weight is 454 g/mol. The van der Waals surface area contributed by atoms with Crippen molar-refractivity contribution in [1.29, 1.82) is 0 Å². The van der Waals surface area contributed by atoms with E-state index in [1.807, 2.05) is 0 Å². The number of benzene rings is 2. The fourth-order valence-corrected chi connectivity index (χ4v) is 2.39. The van der Waals surface area contributed by atoms with E-state index in [4.69, 9.17) is 40.4 Å². The molecule has 2 amide bonds. The summed E-state index contributed by atoms with van der Waals surface area (Å²) in [5.74, 6) is -7.18. The number of nitrogens with one attached hydrogen (secondary N) is 1. The largest absolute Gasteiger partial charge is 0.493 e. The summed E-state index contributed by atoms with van der Waals surface area (Å²) in [5, 5.41) is 1.69. The summed E-state index contributed by atoms with van der Waals surface area (Å²) in [4.78, 5) is 14.3. The number of likely N-dealkylation sites (tertiary alicyclic amines) is 1. The van der Waals surface area contributed by atoms with E-state index in [0.29, 0.717) is 4.90 Å². The van der Waals surface area contributed by atoms with E-state index in [-0.39, 0.29) is 4.90 Å². The highest BCUT2D eigenvalue weighted by Gasteiger charge is 2.27. The van der Waals surface area contributed by atoms with Gasteiger partial charge in [0.25, 0.3) is 0 Å². The zero-order chi connectivity index (χ0) is 44.8. The second kappa shape index (κ2) is 11.1. The number of ether oxygens (including phenoxy) is 1. The summed E-state index contributed by atoms with van der Waals surface area (Å²) in [7, 11) is 0. The first-order chi connectivity index (χ1) is 25.2. The van der Waals surface area contributed by atoms with Crippen LogP contribution in [0.3, 0.4) is 0 Å². The van der Waals surface area contributed by atoms with Crippen LogP contribution in [-0.2, 0) is 13.0 Å². The molecule has 1 aliphatic heterocycles. The molecule has 168 valence electrons. The minimum absolute atomic E-state index is 0.0936. The van der Waals surface area contributed by atoms with Gasteiger partial charge in [-0.25, -0.2) is 9.18 Å².